The second-order valence-corrected chi connectivity index (χ2v) is 3.89. The van der Waals surface area contributed by atoms with Gasteiger partial charge >= 0.3 is 6.09 Å². The third-order valence-electron chi connectivity index (χ3n) is 2.91. The Labute approximate surface area is 88.3 Å². The molecule has 1 aromatic carbocycles. The summed E-state index contributed by atoms with van der Waals surface area (Å²) in [6.07, 6.45) is 0.773. The molecule has 4 nitrogen and oxygen atoms in total. The summed E-state index contributed by atoms with van der Waals surface area (Å²) >= 11 is 0. The van der Waals surface area contributed by atoms with Crippen LogP contribution in [0.2, 0.25) is 0 Å². The summed E-state index contributed by atoms with van der Waals surface area (Å²) in [4.78, 5) is 12.5. The summed E-state index contributed by atoms with van der Waals surface area (Å²) in [5, 5.41) is 9.13. The van der Waals surface area contributed by atoms with Gasteiger partial charge in [-0.1, -0.05) is 6.07 Å². The first kappa shape index (κ1) is 9.83. The number of nitrogen functional groups attached to an aromatic ring is 1. The number of amides is 1. The van der Waals surface area contributed by atoms with Gasteiger partial charge in [-0.25, -0.2) is 4.79 Å². The van der Waals surface area contributed by atoms with Crippen LogP contribution in [0.1, 0.15) is 18.9 Å². The fourth-order valence-electron chi connectivity index (χ4n) is 2.10. The average molecular weight is 206 g/mol. The van der Waals surface area contributed by atoms with E-state index in [9.17, 15) is 4.79 Å². The Morgan fingerprint density at radius 3 is 3.00 bits per heavy atom. The molecule has 0 radical (unpaired) electrons. The van der Waals surface area contributed by atoms with Gasteiger partial charge in [0, 0.05) is 11.7 Å². The number of carboxylic acid groups (broad SMARTS) is 1. The third-order valence-corrected chi connectivity index (χ3v) is 2.91. The van der Waals surface area contributed by atoms with Crippen LogP contribution in [0, 0.1) is 0 Å². The Kier molecular flexibility index (Phi) is 2.26. The molecule has 15 heavy (non-hydrogen) atoms. The van der Waals surface area contributed by atoms with Crippen LogP contribution in [0.3, 0.4) is 0 Å². The van der Waals surface area contributed by atoms with Crippen LogP contribution in [-0.2, 0) is 6.42 Å². The fraction of sp³-hybridized carbons (Fsp3) is 0.364. The molecular weight excluding hydrogens is 192 g/mol. The van der Waals surface area contributed by atoms with Crippen molar-refractivity contribution >= 4 is 17.5 Å². The van der Waals surface area contributed by atoms with Crippen molar-refractivity contribution in [1.82, 2.24) is 0 Å². The summed E-state index contributed by atoms with van der Waals surface area (Å²) in [5.74, 6) is 0. The number of hydrogen-bond donors (Lipinski definition) is 2. The van der Waals surface area contributed by atoms with E-state index in [1.54, 1.807) is 6.07 Å². The van der Waals surface area contributed by atoms with Crippen LogP contribution >= 0.6 is 0 Å². The Bertz CT molecular complexity index is 404. The van der Waals surface area contributed by atoms with Crippen LogP contribution in [0.25, 0.3) is 0 Å². The molecule has 1 aromatic rings. The Balaban J connectivity index is 2.53. The summed E-state index contributed by atoms with van der Waals surface area (Å²) in [6, 6.07) is 5.45. The molecule has 0 bridgehead atoms. The number of rotatable bonds is 0. The standard InChI is InChI=1S/C11H14N2O2/c1-7-5-6-8-9(12)3-2-4-10(8)13(7)11(14)15/h2-4,7H,5-6,12H2,1H3,(H,14,15)/t7-/m0/s1. The van der Waals surface area contributed by atoms with Crippen LogP contribution in [0.4, 0.5) is 16.2 Å². The quantitative estimate of drug-likeness (QED) is 0.639. The molecule has 2 rings (SSSR count). The third kappa shape index (κ3) is 1.52. The molecule has 0 spiro atoms. The first-order chi connectivity index (χ1) is 7.11. The Hall–Kier alpha value is -1.71. The van der Waals surface area contributed by atoms with E-state index in [-0.39, 0.29) is 6.04 Å². The second-order valence-electron chi connectivity index (χ2n) is 3.89. The van der Waals surface area contributed by atoms with Gasteiger partial charge in [0.1, 0.15) is 0 Å². The van der Waals surface area contributed by atoms with Crippen molar-refractivity contribution in [3.05, 3.63) is 23.8 Å². The fourth-order valence-corrected chi connectivity index (χ4v) is 2.10. The van der Waals surface area contributed by atoms with Gasteiger partial charge < -0.3 is 10.8 Å². The normalized spacial score (nSPS) is 19.8. The molecule has 1 amide bonds. The molecule has 1 heterocycles. The first-order valence-corrected chi connectivity index (χ1v) is 5.00. The van der Waals surface area contributed by atoms with Crippen molar-refractivity contribution in [1.29, 1.82) is 0 Å². The van der Waals surface area contributed by atoms with Gasteiger partial charge in [-0.05, 0) is 37.5 Å². The van der Waals surface area contributed by atoms with Crippen LogP contribution in [0.15, 0.2) is 18.2 Å². The minimum Gasteiger partial charge on any atom is -0.465 e. The van der Waals surface area contributed by atoms with Gasteiger partial charge in [-0.15, -0.1) is 0 Å². The molecule has 4 heteroatoms. The largest absolute Gasteiger partial charge is 0.465 e. The SMILES string of the molecule is C[C@H]1CCc2c(N)cccc2N1C(=O)O. The summed E-state index contributed by atoms with van der Waals surface area (Å²) in [5.41, 5.74) is 8.21. The number of carbonyl (C=O) groups is 1. The topological polar surface area (TPSA) is 66.6 Å². The lowest BCUT2D eigenvalue weighted by Crippen LogP contribution is -2.41. The second kappa shape index (κ2) is 3.46. The van der Waals surface area contributed by atoms with E-state index in [1.165, 1.54) is 4.90 Å². The number of fused-ring (bicyclic) bond motifs is 1. The van der Waals surface area contributed by atoms with Crippen molar-refractivity contribution in [3.8, 4) is 0 Å². The van der Waals surface area contributed by atoms with Crippen molar-refractivity contribution in [2.24, 2.45) is 0 Å². The molecule has 0 saturated carbocycles. The predicted molar refractivity (Wildman–Crippen MR) is 59.1 cm³/mol. The van der Waals surface area contributed by atoms with E-state index in [4.69, 9.17) is 10.8 Å². The number of benzene rings is 1. The summed E-state index contributed by atoms with van der Waals surface area (Å²) < 4.78 is 0. The number of nitrogens with zero attached hydrogens (tertiary/aromatic N) is 1. The lowest BCUT2D eigenvalue weighted by Gasteiger charge is -2.33. The van der Waals surface area contributed by atoms with Gasteiger partial charge in [-0.2, -0.15) is 0 Å². The van der Waals surface area contributed by atoms with E-state index >= 15 is 0 Å². The predicted octanol–water partition coefficient (Wildman–Crippen LogP) is 2.09. The van der Waals surface area contributed by atoms with Crippen molar-refractivity contribution in [3.63, 3.8) is 0 Å². The lowest BCUT2D eigenvalue weighted by molar-refractivity contribution is 0.198. The highest BCUT2D eigenvalue weighted by atomic mass is 16.4. The smallest absolute Gasteiger partial charge is 0.412 e. The van der Waals surface area contributed by atoms with E-state index < -0.39 is 6.09 Å². The van der Waals surface area contributed by atoms with Crippen LogP contribution in [0.5, 0.6) is 0 Å². The van der Waals surface area contributed by atoms with Crippen LogP contribution in [-0.4, -0.2) is 17.2 Å². The molecule has 0 aromatic heterocycles. The van der Waals surface area contributed by atoms with Gasteiger partial charge in [0.25, 0.3) is 0 Å². The first-order valence-electron chi connectivity index (χ1n) is 5.00. The summed E-state index contributed by atoms with van der Waals surface area (Å²) in [6.45, 7) is 1.92. The molecular formula is C11H14N2O2. The minimum atomic E-state index is -0.908. The van der Waals surface area contributed by atoms with Gasteiger partial charge in [-0.3, -0.25) is 4.90 Å². The highest BCUT2D eigenvalue weighted by Gasteiger charge is 2.28. The number of nitrogens with two attached hydrogens (primary N) is 1. The minimum absolute atomic E-state index is 0.0248. The molecule has 1 aliphatic rings. The molecule has 80 valence electrons. The monoisotopic (exact) mass is 206 g/mol. The van der Waals surface area contributed by atoms with Crippen molar-refractivity contribution < 1.29 is 9.90 Å². The summed E-state index contributed by atoms with van der Waals surface area (Å²) in [7, 11) is 0. The molecule has 3 N–H and O–H groups in total. The molecule has 0 unspecified atom stereocenters. The maximum Gasteiger partial charge on any atom is 0.412 e. The van der Waals surface area contributed by atoms with Crippen LogP contribution < -0.4 is 10.6 Å². The number of hydrogen-bond acceptors (Lipinski definition) is 2. The molecule has 1 atom stereocenters. The van der Waals surface area contributed by atoms with Gasteiger partial charge in [0.05, 0.1) is 5.69 Å². The Morgan fingerprint density at radius 2 is 2.33 bits per heavy atom. The van der Waals surface area contributed by atoms with Gasteiger partial charge in [0.15, 0.2) is 0 Å². The van der Waals surface area contributed by atoms with E-state index in [0.29, 0.717) is 5.69 Å². The molecule has 0 aliphatic carbocycles. The lowest BCUT2D eigenvalue weighted by atomic mass is 9.96. The van der Waals surface area contributed by atoms with E-state index in [2.05, 4.69) is 0 Å². The molecule has 0 fully saturated rings. The highest BCUT2D eigenvalue weighted by Crippen LogP contribution is 2.33. The maximum atomic E-state index is 11.1. The molecule has 1 aliphatic heterocycles. The van der Waals surface area contributed by atoms with Crippen molar-refractivity contribution in [2.45, 2.75) is 25.8 Å². The zero-order valence-corrected chi connectivity index (χ0v) is 8.60. The average Bonchev–Trinajstić information content (AvgIpc) is 2.17. The zero-order chi connectivity index (χ0) is 11.0. The molecule has 0 saturated heterocycles. The zero-order valence-electron chi connectivity index (χ0n) is 8.60. The Morgan fingerprint density at radius 1 is 1.60 bits per heavy atom. The van der Waals surface area contributed by atoms with E-state index in [1.807, 2.05) is 19.1 Å². The maximum absolute atomic E-state index is 11.1. The van der Waals surface area contributed by atoms with E-state index in [0.717, 1.165) is 24.1 Å². The highest BCUT2D eigenvalue weighted by molar-refractivity contribution is 5.89. The van der Waals surface area contributed by atoms with Gasteiger partial charge in [0.2, 0.25) is 0 Å². The number of anilines is 2. The van der Waals surface area contributed by atoms with Crippen molar-refractivity contribution in [2.75, 3.05) is 10.6 Å².